The lowest BCUT2D eigenvalue weighted by Crippen LogP contribution is -2.35. The molecular weight excluding hydrogens is 544 g/mol. The number of Topliss-reactive ketones (excluding diaryl/α,β-unsaturated/α-hetero) is 1. The second kappa shape index (κ2) is 17.7. The quantitative estimate of drug-likeness (QED) is 0.178. The summed E-state index contributed by atoms with van der Waals surface area (Å²) in [5.74, 6) is 0.663. The normalized spacial score (nSPS) is 12.2. The van der Waals surface area contributed by atoms with Crippen LogP contribution in [0.3, 0.4) is 0 Å². The minimum atomic E-state index is -0.459. The molecule has 1 heterocycles. The van der Waals surface area contributed by atoms with Crippen LogP contribution in [0.1, 0.15) is 35.3 Å². The van der Waals surface area contributed by atoms with E-state index in [1.807, 2.05) is 24.5 Å². The van der Waals surface area contributed by atoms with Crippen molar-refractivity contribution in [1.29, 1.82) is 0 Å². The van der Waals surface area contributed by atoms with Gasteiger partial charge in [0.1, 0.15) is 11.5 Å². The van der Waals surface area contributed by atoms with E-state index >= 15 is 0 Å². The third kappa shape index (κ3) is 11.9. The van der Waals surface area contributed by atoms with Gasteiger partial charge in [-0.05, 0) is 51.6 Å². The summed E-state index contributed by atoms with van der Waals surface area (Å²) in [5.41, 5.74) is 9.39. The Morgan fingerprint density at radius 3 is 2.40 bits per heavy atom. The molecule has 0 radical (unpaired) electrons. The second-order valence-corrected chi connectivity index (χ2v) is 10.3. The maximum absolute atomic E-state index is 11.8. The van der Waals surface area contributed by atoms with Crippen LogP contribution in [0.15, 0.2) is 100.0 Å². The van der Waals surface area contributed by atoms with Crippen molar-refractivity contribution in [2.75, 3.05) is 20.7 Å². The Balaban J connectivity index is 0.000000512. The summed E-state index contributed by atoms with van der Waals surface area (Å²) in [4.78, 5) is 24.4. The highest BCUT2D eigenvalue weighted by molar-refractivity contribution is 8.11. The van der Waals surface area contributed by atoms with Crippen molar-refractivity contribution < 1.29 is 19.4 Å². The van der Waals surface area contributed by atoms with Gasteiger partial charge in [-0.3, -0.25) is 4.79 Å². The molecule has 1 aliphatic heterocycles. The van der Waals surface area contributed by atoms with Gasteiger partial charge in [-0.1, -0.05) is 79.2 Å². The van der Waals surface area contributed by atoms with E-state index in [0.29, 0.717) is 10.6 Å². The molecular formula is C30H38N4O4S2. The zero-order valence-corrected chi connectivity index (χ0v) is 25.2. The summed E-state index contributed by atoms with van der Waals surface area (Å²) < 4.78 is 4.95. The molecule has 0 fully saturated rings. The van der Waals surface area contributed by atoms with Crippen LogP contribution in [-0.4, -0.2) is 37.6 Å². The third-order valence-electron chi connectivity index (χ3n) is 4.97. The van der Waals surface area contributed by atoms with Crippen molar-refractivity contribution >= 4 is 41.0 Å². The number of allylic oxidation sites excluding steroid dienone is 1. The second-order valence-electron chi connectivity index (χ2n) is 8.21. The average Bonchev–Trinajstić information content (AvgIpc) is 3.07. The Morgan fingerprint density at radius 1 is 1.12 bits per heavy atom. The summed E-state index contributed by atoms with van der Waals surface area (Å²) in [6.45, 7) is 16.9. The van der Waals surface area contributed by atoms with Gasteiger partial charge in [-0.25, -0.2) is 4.79 Å². The van der Waals surface area contributed by atoms with Crippen LogP contribution in [0.5, 0.6) is 5.75 Å². The lowest BCUT2D eigenvalue weighted by atomic mass is 10.1. The number of amides is 2. The number of benzene rings is 2. The summed E-state index contributed by atoms with van der Waals surface area (Å²) in [7, 11) is 3.08. The molecule has 0 aliphatic carbocycles. The Labute approximate surface area is 245 Å². The molecule has 2 amide bonds. The monoisotopic (exact) mass is 582 g/mol. The highest BCUT2D eigenvalue weighted by Gasteiger charge is 2.17. The van der Waals surface area contributed by atoms with Gasteiger partial charge in [0, 0.05) is 26.5 Å². The summed E-state index contributed by atoms with van der Waals surface area (Å²) in [6.07, 6.45) is 0. The number of ether oxygens (including phenoxy) is 1. The number of rotatable bonds is 8. The highest BCUT2D eigenvalue weighted by atomic mass is 32.2. The van der Waals surface area contributed by atoms with E-state index in [9.17, 15) is 9.59 Å². The van der Waals surface area contributed by atoms with Crippen molar-refractivity contribution in [1.82, 2.24) is 16.0 Å². The van der Waals surface area contributed by atoms with Crippen molar-refractivity contribution in [3.05, 3.63) is 117 Å². The predicted octanol–water partition coefficient (Wildman–Crippen LogP) is 6.42. The smallest absolute Gasteiger partial charge is 0.320 e. The van der Waals surface area contributed by atoms with Gasteiger partial charge in [0.25, 0.3) is 0 Å². The van der Waals surface area contributed by atoms with Gasteiger partial charge >= 0.3 is 6.03 Å². The molecule has 40 heavy (non-hydrogen) atoms. The molecule has 8 nitrogen and oxygen atoms in total. The average molecular weight is 583 g/mol. The molecule has 0 saturated carbocycles. The van der Waals surface area contributed by atoms with Crippen molar-refractivity contribution in [3.8, 4) is 5.75 Å². The first-order valence-electron chi connectivity index (χ1n) is 12.1. The largest absolute Gasteiger partial charge is 0.511 e. The lowest BCUT2D eigenvalue weighted by molar-refractivity contribution is 0.101. The molecule has 0 atom stereocenters. The van der Waals surface area contributed by atoms with Crippen LogP contribution in [0.4, 0.5) is 4.79 Å². The first kappa shape index (κ1) is 34.2. The van der Waals surface area contributed by atoms with Crippen LogP contribution < -0.4 is 26.4 Å². The topological polar surface area (TPSA) is 126 Å². The number of hydrogen-bond acceptors (Lipinski definition) is 8. The number of hydrogen-bond donors (Lipinski definition) is 5. The van der Waals surface area contributed by atoms with Gasteiger partial charge in [0.15, 0.2) is 5.78 Å². The van der Waals surface area contributed by atoms with Crippen LogP contribution in [0.2, 0.25) is 0 Å². The fourth-order valence-corrected chi connectivity index (χ4v) is 4.80. The highest BCUT2D eigenvalue weighted by Crippen LogP contribution is 2.40. The number of aliphatic hydroxyl groups excluding tert-OH is 1. The SMILES string of the molecule is C=C(O)CNC(=O)NC(=C)SC1=C(C)NC(c2cccc(C)c2)=CSC1=C.CN.COc1cccc(C(C)=O)c1. The minimum absolute atomic E-state index is 0.0145. The van der Waals surface area contributed by atoms with E-state index in [0.717, 1.165) is 32.5 Å². The number of methoxy groups -OCH3 is 1. The number of carbonyl (C=O) groups excluding carboxylic acids is 2. The van der Waals surface area contributed by atoms with E-state index < -0.39 is 6.03 Å². The standard InChI is InChI=1S/C20H23N3O2S2.C9H10O2.CH5N/c1-12-7-6-8-17(9-12)18-11-26-15(4)19(14(3)22-18)27-16(5)23-20(25)21-10-13(2)24;1-7(10)8-4-3-5-9(6-8)11-2;1-2/h6-9,11,22,24H,2,4-5,10H2,1,3H3,(H2,21,23,25);3-6H,1-2H3;2H2,1H3. The Kier molecular flexibility index (Phi) is 15.1. The van der Waals surface area contributed by atoms with Crippen LogP contribution in [-0.2, 0) is 0 Å². The fraction of sp³-hybridized carbons (Fsp3) is 0.200. The first-order chi connectivity index (χ1) is 19.0. The molecule has 0 aromatic heterocycles. The molecule has 2 aromatic rings. The zero-order chi connectivity index (χ0) is 30.2. The van der Waals surface area contributed by atoms with E-state index in [4.69, 9.17) is 9.84 Å². The van der Waals surface area contributed by atoms with E-state index in [1.165, 1.54) is 43.1 Å². The Hall–Kier alpha value is -3.86. The number of aliphatic hydroxyl groups is 1. The molecule has 6 N–H and O–H groups in total. The molecule has 0 saturated heterocycles. The van der Waals surface area contributed by atoms with Crippen molar-refractivity contribution in [2.24, 2.45) is 5.73 Å². The maximum Gasteiger partial charge on any atom is 0.320 e. The number of aryl methyl sites for hydroxylation is 1. The van der Waals surface area contributed by atoms with Gasteiger partial charge < -0.3 is 31.5 Å². The lowest BCUT2D eigenvalue weighted by Gasteiger charge is -2.15. The van der Waals surface area contributed by atoms with Crippen molar-refractivity contribution in [2.45, 2.75) is 20.8 Å². The number of nitrogens with two attached hydrogens (primary N) is 1. The maximum atomic E-state index is 11.8. The Morgan fingerprint density at radius 2 is 1.80 bits per heavy atom. The van der Waals surface area contributed by atoms with Crippen molar-refractivity contribution in [3.63, 3.8) is 0 Å². The van der Waals surface area contributed by atoms with Gasteiger partial charge in [0.2, 0.25) is 0 Å². The molecule has 10 heteroatoms. The summed E-state index contributed by atoms with van der Waals surface area (Å²) in [5, 5.41) is 20.0. The number of carbonyl (C=O) groups is 2. The number of thioether (sulfide) groups is 2. The fourth-order valence-electron chi connectivity index (χ4n) is 3.11. The minimum Gasteiger partial charge on any atom is -0.511 e. The van der Waals surface area contributed by atoms with E-state index in [1.54, 1.807) is 25.3 Å². The molecule has 0 unspecified atom stereocenters. The molecule has 214 valence electrons. The third-order valence-corrected chi connectivity index (χ3v) is 7.05. The zero-order valence-electron chi connectivity index (χ0n) is 23.6. The molecule has 1 aliphatic rings. The number of ketones is 1. The van der Waals surface area contributed by atoms with Crippen LogP contribution >= 0.6 is 23.5 Å². The van der Waals surface area contributed by atoms with Crippen LogP contribution in [0, 0.1) is 6.92 Å². The molecule has 0 bridgehead atoms. The van der Waals surface area contributed by atoms with Crippen LogP contribution in [0.25, 0.3) is 5.70 Å². The molecule has 0 spiro atoms. The Bertz CT molecular complexity index is 1300. The van der Waals surface area contributed by atoms with E-state index in [-0.39, 0.29) is 18.1 Å². The molecule has 2 aromatic carbocycles. The number of nitrogens with one attached hydrogen (secondary N) is 3. The summed E-state index contributed by atoms with van der Waals surface area (Å²) in [6, 6.07) is 14.9. The molecule has 3 rings (SSSR count). The van der Waals surface area contributed by atoms with Gasteiger partial charge in [0.05, 0.1) is 24.4 Å². The first-order valence-corrected chi connectivity index (χ1v) is 13.8. The van der Waals surface area contributed by atoms with Gasteiger partial charge in [-0.2, -0.15) is 0 Å². The predicted molar refractivity (Wildman–Crippen MR) is 170 cm³/mol. The van der Waals surface area contributed by atoms with Gasteiger partial charge in [-0.15, -0.1) is 0 Å². The summed E-state index contributed by atoms with van der Waals surface area (Å²) >= 11 is 2.85. The van der Waals surface area contributed by atoms with E-state index in [2.05, 4.69) is 66.5 Å². The number of urea groups is 1.